The third-order valence-corrected chi connectivity index (χ3v) is 8.71. The third kappa shape index (κ3) is 5.35. The van der Waals surface area contributed by atoms with Gasteiger partial charge >= 0.3 is 6.09 Å². The monoisotopic (exact) mass is 578 g/mol. The van der Waals surface area contributed by atoms with E-state index >= 15 is 0 Å². The van der Waals surface area contributed by atoms with E-state index in [1.807, 2.05) is 31.9 Å². The van der Waals surface area contributed by atoms with Gasteiger partial charge in [0.15, 0.2) is 0 Å². The molecule has 5 aromatic rings. The van der Waals surface area contributed by atoms with Crippen LogP contribution in [0.3, 0.4) is 0 Å². The Morgan fingerprint density at radius 3 is 2.51 bits per heavy atom. The molecule has 1 aliphatic heterocycles. The van der Waals surface area contributed by atoms with Crippen LogP contribution in [0.4, 0.5) is 4.79 Å². The number of nitrogens with one attached hydrogen (secondary N) is 3. The number of methoxy groups -OCH3 is 1. The van der Waals surface area contributed by atoms with Gasteiger partial charge in [-0.1, -0.05) is 69.7 Å². The summed E-state index contributed by atoms with van der Waals surface area (Å²) in [5.41, 5.74) is 6.24. The van der Waals surface area contributed by atoms with Crippen molar-refractivity contribution in [3.63, 3.8) is 0 Å². The molecule has 222 valence electrons. The average Bonchev–Trinajstić information content (AvgIpc) is 3.76. The van der Waals surface area contributed by atoms with E-state index in [2.05, 4.69) is 81.8 Å². The molecule has 43 heavy (non-hydrogen) atoms. The summed E-state index contributed by atoms with van der Waals surface area (Å²) in [6.07, 6.45) is 3.05. The second-order valence-electron chi connectivity index (χ2n) is 11.8. The van der Waals surface area contributed by atoms with Crippen LogP contribution in [0.25, 0.3) is 44.2 Å². The van der Waals surface area contributed by atoms with Crippen molar-refractivity contribution in [2.75, 3.05) is 13.7 Å². The SMILES string of the molecule is CC[C@H]1CCN(C(=O)[C@@H](NC(=O)OC)C(C)C)[C@@H]1c1ncc(-c2ccc(-c3ccc4c(ccc5[nH]c(C)nc54)c3)cc2)[nH]1. The number of hydrogen-bond acceptors (Lipinski definition) is 5. The van der Waals surface area contributed by atoms with Crippen LogP contribution in [0.1, 0.15) is 51.3 Å². The van der Waals surface area contributed by atoms with E-state index in [0.29, 0.717) is 6.54 Å². The van der Waals surface area contributed by atoms with E-state index in [1.165, 1.54) is 7.11 Å². The minimum Gasteiger partial charge on any atom is -0.453 e. The molecule has 0 bridgehead atoms. The maximum atomic E-state index is 13.7. The Hall–Kier alpha value is -4.66. The standard InChI is InChI=1S/C34H38N6O3/c1-6-21-15-16-40(33(41)29(19(2)3)39-34(42)43-5)31(21)32-35-18-28(38-32)23-9-7-22(8-10-23)24-11-13-26-25(17-24)12-14-27-30(26)37-20(4)36-27/h7-14,17-19,21,29,31H,6,15-16H2,1-5H3,(H,35,38)(H,36,37)(H,39,42)/t21-,29-,31-/m0/s1. The van der Waals surface area contributed by atoms with Crippen LogP contribution in [0.2, 0.25) is 0 Å². The number of aromatic amines is 2. The Labute approximate surface area is 251 Å². The number of imidazole rings is 2. The molecule has 0 radical (unpaired) electrons. The molecule has 3 aromatic carbocycles. The first kappa shape index (κ1) is 28.5. The molecule has 1 aliphatic rings. The third-order valence-electron chi connectivity index (χ3n) is 8.71. The summed E-state index contributed by atoms with van der Waals surface area (Å²) in [6.45, 7) is 8.59. The Balaban J connectivity index is 1.24. The van der Waals surface area contributed by atoms with Crippen LogP contribution in [-0.2, 0) is 9.53 Å². The van der Waals surface area contributed by atoms with Crippen molar-refractivity contribution < 1.29 is 14.3 Å². The van der Waals surface area contributed by atoms with Gasteiger partial charge in [0.25, 0.3) is 0 Å². The van der Waals surface area contributed by atoms with E-state index in [-0.39, 0.29) is 23.8 Å². The zero-order valence-corrected chi connectivity index (χ0v) is 25.3. The molecule has 3 N–H and O–H groups in total. The lowest BCUT2D eigenvalue weighted by Gasteiger charge is -2.31. The number of amides is 2. The van der Waals surface area contributed by atoms with Gasteiger partial charge in [-0.25, -0.2) is 14.8 Å². The summed E-state index contributed by atoms with van der Waals surface area (Å²) in [4.78, 5) is 43.8. The highest BCUT2D eigenvalue weighted by molar-refractivity contribution is 6.05. The normalized spacial score (nSPS) is 17.6. The van der Waals surface area contributed by atoms with Gasteiger partial charge in [0.1, 0.15) is 17.7 Å². The summed E-state index contributed by atoms with van der Waals surface area (Å²) >= 11 is 0. The molecule has 2 amide bonds. The largest absolute Gasteiger partial charge is 0.453 e. The second kappa shape index (κ2) is 11.6. The number of fused-ring (bicyclic) bond motifs is 3. The van der Waals surface area contributed by atoms with Gasteiger partial charge in [-0.3, -0.25) is 4.79 Å². The van der Waals surface area contributed by atoms with E-state index in [4.69, 9.17) is 9.72 Å². The number of aromatic nitrogens is 4. The van der Waals surface area contributed by atoms with Crippen LogP contribution < -0.4 is 5.32 Å². The van der Waals surface area contributed by atoms with Crippen molar-refractivity contribution >= 4 is 33.8 Å². The average molecular weight is 579 g/mol. The van der Waals surface area contributed by atoms with Crippen LogP contribution in [0.15, 0.2) is 60.8 Å². The number of likely N-dealkylation sites (tertiary alicyclic amines) is 1. The van der Waals surface area contributed by atoms with Gasteiger partial charge in [-0.15, -0.1) is 0 Å². The molecule has 1 saturated heterocycles. The lowest BCUT2D eigenvalue weighted by atomic mass is 9.96. The molecule has 0 spiro atoms. The molecule has 0 saturated carbocycles. The molecular formula is C34H38N6O3. The first-order valence-electron chi connectivity index (χ1n) is 15.0. The van der Waals surface area contributed by atoms with Crippen LogP contribution in [0, 0.1) is 18.8 Å². The summed E-state index contributed by atoms with van der Waals surface area (Å²) in [6, 6.07) is 18.3. The molecular weight excluding hydrogens is 540 g/mol. The Morgan fingerprint density at radius 1 is 1.05 bits per heavy atom. The van der Waals surface area contributed by atoms with Gasteiger partial charge in [0, 0.05) is 11.9 Å². The van der Waals surface area contributed by atoms with E-state index in [0.717, 1.165) is 68.7 Å². The van der Waals surface area contributed by atoms with Crippen molar-refractivity contribution in [2.45, 2.75) is 52.6 Å². The van der Waals surface area contributed by atoms with Gasteiger partial charge in [0.2, 0.25) is 5.91 Å². The number of carbonyl (C=O) groups is 2. The van der Waals surface area contributed by atoms with Crippen LogP contribution in [0.5, 0.6) is 0 Å². The van der Waals surface area contributed by atoms with Gasteiger partial charge < -0.3 is 24.9 Å². The topological polar surface area (TPSA) is 116 Å². The predicted octanol–water partition coefficient (Wildman–Crippen LogP) is 6.76. The number of benzene rings is 3. The predicted molar refractivity (Wildman–Crippen MR) is 168 cm³/mol. The van der Waals surface area contributed by atoms with Gasteiger partial charge in [-0.2, -0.15) is 0 Å². The second-order valence-corrected chi connectivity index (χ2v) is 11.8. The summed E-state index contributed by atoms with van der Waals surface area (Å²) in [5.74, 6) is 1.76. The van der Waals surface area contributed by atoms with Crippen LogP contribution >= 0.6 is 0 Å². The molecule has 6 rings (SSSR count). The number of aryl methyl sites for hydroxylation is 1. The smallest absolute Gasteiger partial charge is 0.407 e. The summed E-state index contributed by atoms with van der Waals surface area (Å²) < 4.78 is 4.78. The van der Waals surface area contributed by atoms with Crippen molar-refractivity contribution in [3.8, 4) is 22.4 Å². The van der Waals surface area contributed by atoms with Crippen molar-refractivity contribution in [1.29, 1.82) is 0 Å². The molecule has 2 aromatic heterocycles. The Bertz CT molecular complexity index is 1790. The number of nitrogens with zero attached hydrogens (tertiary/aromatic N) is 3. The number of H-pyrrole nitrogens is 2. The minimum atomic E-state index is -0.669. The van der Waals surface area contributed by atoms with Gasteiger partial charge in [-0.05, 0) is 59.4 Å². The molecule has 9 nitrogen and oxygen atoms in total. The highest BCUT2D eigenvalue weighted by Gasteiger charge is 2.42. The summed E-state index contributed by atoms with van der Waals surface area (Å²) in [7, 11) is 1.31. The van der Waals surface area contributed by atoms with E-state index in [9.17, 15) is 9.59 Å². The van der Waals surface area contributed by atoms with Crippen molar-refractivity contribution in [2.24, 2.45) is 11.8 Å². The molecule has 0 aliphatic carbocycles. The molecule has 0 unspecified atom stereocenters. The van der Waals surface area contributed by atoms with Crippen molar-refractivity contribution in [1.82, 2.24) is 30.2 Å². The van der Waals surface area contributed by atoms with E-state index in [1.54, 1.807) is 0 Å². The fourth-order valence-corrected chi connectivity index (χ4v) is 6.36. The number of hydrogen-bond donors (Lipinski definition) is 3. The number of alkyl carbamates (subject to hydrolysis) is 1. The van der Waals surface area contributed by atoms with E-state index < -0.39 is 12.1 Å². The Morgan fingerprint density at radius 2 is 1.79 bits per heavy atom. The number of carbonyl (C=O) groups excluding carboxylic acids is 2. The fourth-order valence-electron chi connectivity index (χ4n) is 6.36. The zero-order valence-electron chi connectivity index (χ0n) is 25.3. The fraction of sp³-hybridized carbons (Fsp3) is 0.353. The maximum Gasteiger partial charge on any atom is 0.407 e. The van der Waals surface area contributed by atoms with Gasteiger partial charge in [0.05, 0.1) is 36.1 Å². The molecule has 1 fully saturated rings. The highest BCUT2D eigenvalue weighted by atomic mass is 16.5. The molecule has 9 heteroatoms. The lowest BCUT2D eigenvalue weighted by Crippen LogP contribution is -2.51. The number of ether oxygens (including phenoxy) is 1. The maximum absolute atomic E-state index is 13.7. The lowest BCUT2D eigenvalue weighted by molar-refractivity contribution is -0.136. The zero-order chi connectivity index (χ0) is 30.2. The first-order valence-corrected chi connectivity index (χ1v) is 15.0. The van der Waals surface area contributed by atoms with Crippen molar-refractivity contribution in [3.05, 3.63) is 72.4 Å². The first-order chi connectivity index (χ1) is 20.8. The minimum absolute atomic E-state index is 0.0864. The highest BCUT2D eigenvalue weighted by Crippen LogP contribution is 2.39. The van der Waals surface area contributed by atoms with Crippen LogP contribution in [-0.4, -0.2) is 56.5 Å². The molecule has 3 heterocycles. The quantitative estimate of drug-likeness (QED) is 0.197. The summed E-state index contributed by atoms with van der Waals surface area (Å²) in [5, 5.41) is 5.02. The molecule has 3 atom stereocenters. The number of rotatable bonds is 7. The Kier molecular flexibility index (Phi) is 7.64.